The van der Waals surface area contributed by atoms with Gasteiger partial charge in [0, 0.05) is 38.1 Å². The van der Waals surface area contributed by atoms with Crippen LogP contribution in [0.3, 0.4) is 0 Å². The zero-order valence-electron chi connectivity index (χ0n) is 13.2. The summed E-state index contributed by atoms with van der Waals surface area (Å²) in [5.74, 6) is -2.14. The number of hydrogen-bond acceptors (Lipinski definition) is 6. The summed E-state index contributed by atoms with van der Waals surface area (Å²) >= 11 is 0. The third kappa shape index (κ3) is 6.47. The number of nitrogens with zero attached hydrogens (tertiary/aromatic N) is 2. The van der Waals surface area contributed by atoms with Crippen LogP contribution in [0.25, 0.3) is 0 Å². The van der Waals surface area contributed by atoms with Gasteiger partial charge in [-0.2, -0.15) is 4.31 Å². The number of nitro benzene ring substituents is 1. The van der Waals surface area contributed by atoms with E-state index in [0.717, 1.165) is 28.6 Å². The number of non-ortho nitro benzene ring substituents is 1. The number of carbonyl (C=O) groups is 2. The SMILES string of the molecule is O=C(O)CCCN(CCCC(=O)O)S(=O)(=O)c1ccc([N+](=O)[O-])cc1. The summed E-state index contributed by atoms with van der Waals surface area (Å²) in [6.45, 7) is -0.184. The number of carboxylic acids is 2. The highest BCUT2D eigenvalue weighted by molar-refractivity contribution is 7.89. The van der Waals surface area contributed by atoms with Crippen LogP contribution in [0.1, 0.15) is 25.7 Å². The van der Waals surface area contributed by atoms with Gasteiger partial charge in [-0.05, 0) is 25.0 Å². The molecule has 0 radical (unpaired) electrons. The van der Waals surface area contributed by atoms with Crippen LogP contribution in [-0.4, -0.2) is 52.9 Å². The number of hydrogen-bond donors (Lipinski definition) is 2. The molecule has 10 nitrogen and oxygen atoms in total. The quantitative estimate of drug-likeness (QED) is 0.434. The fourth-order valence-electron chi connectivity index (χ4n) is 2.05. The number of aliphatic carboxylic acids is 2. The highest BCUT2D eigenvalue weighted by Crippen LogP contribution is 2.20. The molecule has 0 heterocycles. The van der Waals surface area contributed by atoms with E-state index < -0.39 is 26.9 Å². The van der Waals surface area contributed by atoms with E-state index in [9.17, 15) is 28.1 Å². The Morgan fingerprint density at radius 3 is 1.80 bits per heavy atom. The average molecular weight is 374 g/mol. The molecule has 0 aliphatic rings. The summed E-state index contributed by atoms with van der Waals surface area (Å²) in [5.41, 5.74) is -0.262. The van der Waals surface area contributed by atoms with Crippen molar-refractivity contribution in [2.45, 2.75) is 30.6 Å². The first-order valence-electron chi connectivity index (χ1n) is 7.33. The fourth-order valence-corrected chi connectivity index (χ4v) is 3.57. The van der Waals surface area contributed by atoms with E-state index >= 15 is 0 Å². The van der Waals surface area contributed by atoms with Crippen LogP contribution in [0.5, 0.6) is 0 Å². The van der Waals surface area contributed by atoms with Crippen LogP contribution >= 0.6 is 0 Å². The number of rotatable bonds is 11. The molecule has 0 bridgehead atoms. The zero-order valence-corrected chi connectivity index (χ0v) is 14.0. The standard InChI is InChI=1S/C14H18N2O8S/c17-13(18)3-1-9-15(10-2-4-14(19)20)25(23,24)12-7-5-11(6-8-12)16(21)22/h5-8H,1-4,9-10H2,(H,17,18)(H,19,20). The molecule has 0 atom stereocenters. The minimum Gasteiger partial charge on any atom is -0.481 e. The Labute approximate surface area is 143 Å². The van der Waals surface area contributed by atoms with Gasteiger partial charge in [-0.3, -0.25) is 19.7 Å². The third-order valence-corrected chi connectivity index (χ3v) is 5.19. The molecule has 0 saturated carbocycles. The van der Waals surface area contributed by atoms with Gasteiger partial charge >= 0.3 is 11.9 Å². The molecule has 0 amide bonds. The van der Waals surface area contributed by atoms with Crippen LogP contribution in [0.4, 0.5) is 5.69 Å². The van der Waals surface area contributed by atoms with Crippen molar-refractivity contribution < 1.29 is 33.1 Å². The number of nitro groups is 1. The Hall–Kier alpha value is -2.53. The van der Waals surface area contributed by atoms with Gasteiger partial charge in [0.2, 0.25) is 10.0 Å². The first kappa shape index (κ1) is 20.5. The highest BCUT2D eigenvalue weighted by Gasteiger charge is 2.25. The van der Waals surface area contributed by atoms with Gasteiger partial charge in [0.05, 0.1) is 9.82 Å². The Balaban J connectivity index is 2.96. The van der Waals surface area contributed by atoms with E-state index in [1.54, 1.807) is 0 Å². The molecular formula is C14H18N2O8S. The lowest BCUT2D eigenvalue weighted by atomic mass is 10.3. The molecular weight excluding hydrogens is 356 g/mol. The Morgan fingerprint density at radius 2 is 1.44 bits per heavy atom. The second-order valence-corrected chi connectivity index (χ2v) is 7.09. The Morgan fingerprint density at radius 1 is 1.00 bits per heavy atom. The third-order valence-electron chi connectivity index (χ3n) is 3.28. The number of sulfonamides is 1. The van der Waals surface area contributed by atoms with Gasteiger partial charge in [-0.1, -0.05) is 0 Å². The molecule has 1 aromatic carbocycles. The van der Waals surface area contributed by atoms with E-state index in [4.69, 9.17) is 10.2 Å². The van der Waals surface area contributed by atoms with Crippen molar-refractivity contribution in [2.75, 3.05) is 13.1 Å². The maximum atomic E-state index is 12.6. The number of carboxylic acid groups (broad SMARTS) is 2. The van der Waals surface area contributed by atoms with Crippen molar-refractivity contribution in [2.24, 2.45) is 0 Å². The van der Waals surface area contributed by atoms with Crippen molar-refractivity contribution in [1.29, 1.82) is 0 Å². The van der Waals surface area contributed by atoms with E-state index in [0.29, 0.717) is 0 Å². The fraction of sp³-hybridized carbons (Fsp3) is 0.429. The predicted octanol–water partition coefficient (Wildman–Crippen LogP) is 1.32. The van der Waals surface area contributed by atoms with Crippen LogP contribution in [0.2, 0.25) is 0 Å². The normalized spacial score (nSPS) is 11.4. The molecule has 25 heavy (non-hydrogen) atoms. The van der Waals surface area contributed by atoms with Gasteiger partial charge in [0.15, 0.2) is 0 Å². The van der Waals surface area contributed by atoms with Gasteiger partial charge in [-0.15, -0.1) is 0 Å². The predicted molar refractivity (Wildman–Crippen MR) is 85.6 cm³/mol. The summed E-state index contributed by atoms with van der Waals surface area (Å²) in [6, 6.07) is 4.29. The Kier molecular flexibility index (Phi) is 7.45. The van der Waals surface area contributed by atoms with E-state index in [-0.39, 0.29) is 49.4 Å². The Bertz CT molecular complexity index is 710. The van der Waals surface area contributed by atoms with Crippen LogP contribution < -0.4 is 0 Å². The molecule has 11 heteroatoms. The average Bonchev–Trinajstić information content (AvgIpc) is 2.52. The van der Waals surface area contributed by atoms with Gasteiger partial charge < -0.3 is 10.2 Å². The van der Waals surface area contributed by atoms with E-state index in [1.165, 1.54) is 0 Å². The van der Waals surface area contributed by atoms with Crippen LogP contribution in [0.15, 0.2) is 29.2 Å². The molecule has 138 valence electrons. The van der Waals surface area contributed by atoms with Gasteiger partial charge in [-0.25, -0.2) is 8.42 Å². The van der Waals surface area contributed by atoms with Crippen molar-refractivity contribution in [3.63, 3.8) is 0 Å². The van der Waals surface area contributed by atoms with Crippen molar-refractivity contribution in [1.82, 2.24) is 4.31 Å². The lowest BCUT2D eigenvalue weighted by Gasteiger charge is -2.21. The minimum absolute atomic E-state index is 0.0641. The largest absolute Gasteiger partial charge is 0.481 e. The molecule has 0 spiro atoms. The second kappa shape index (κ2) is 9.08. The molecule has 2 N–H and O–H groups in total. The molecule has 1 rings (SSSR count). The minimum atomic E-state index is -4.01. The van der Waals surface area contributed by atoms with Crippen molar-refractivity contribution >= 4 is 27.6 Å². The summed E-state index contributed by atoms with van der Waals surface area (Å²) in [4.78, 5) is 31.0. The molecule has 1 aromatic rings. The van der Waals surface area contributed by atoms with Crippen molar-refractivity contribution in [3.8, 4) is 0 Å². The van der Waals surface area contributed by atoms with Gasteiger partial charge in [0.25, 0.3) is 5.69 Å². The molecule has 0 fully saturated rings. The highest BCUT2D eigenvalue weighted by atomic mass is 32.2. The zero-order chi connectivity index (χ0) is 19.0. The second-order valence-electron chi connectivity index (χ2n) is 5.15. The summed E-state index contributed by atoms with van der Waals surface area (Å²) in [5, 5.41) is 28.0. The first-order chi connectivity index (χ1) is 11.6. The van der Waals surface area contributed by atoms with Crippen molar-refractivity contribution in [3.05, 3.63) is 34.4 Å². The van der Waals surface area contributed by atoms with Crippen LogP contribution in [-0.2, 0) is 19.6 Å². The van der Waals surface area contributed by atoms with Crippen LogP contribution in [0, 0.1) is 10.1 Å². The summed E-state index contributed by atoms with van der Waals surface area (Å²) in [7, 11) is -4.01. The topological polar surface area (TPSA) is 155 Å². The molecule has 0 unspecified atom stereocenters. The molecule has 0 saturated heterocycles. The van der Waals surface area contributed by atoms with Gasteiger partial charge in [0.1, 0.15) is 0 Å². The monoisotopic (exact) mass is 374 g/mol. The lowest BCUT2D eigenvalue weighted by molar-refractivity contribution is -0.384. The summed E-state index contributed by atoms with van der Waals surface area (Å²) < 4.78 is 26.3. The lowest BCUT2D eigenvalue weighted by Crippen LogP contribution is -2.33. The van der Waals surface area contributed by atoms with E-state index in [2.05, 4.69) is 0 Å². The first-order valence-corrected chi connectivity index (χ1v) is 8.77. The molecule has 0 aliphatic carbocycles. The maximum Gasteiger partial charge on any atom is 0.303 e. The number of benzene rings is 1. The van der Waals surface area contributed by atoms with E-state index in [1.807, 2.05) is 0 Å². The summed E-state index contributed by atoms with van der Waals surface area (Å²) in [6.07, 6.45) is -0.334. The maximum absolute atomic E-state index is 12.6. The molecule has 0 aromatic heterocycles. The molecule has 0 aliphatic heterocycles. The smallest absolute Gasteiger partial charge is 0.303 e.